The molecule has 0 aliphatic rings. The van der Waals surface area contributed by atoms with Crippen molar-refractivity contribution in [1.82, 2.24) is 0 Å². The fourth-order valence-electron chi connectivity index (χ4n) is 1.03. The van der Waals surface area contributed by atoms with Crippen LogP contribution in [-0.2, 0) is 0 Å². The fourth-order valence-corrected chi connectivity index (χ4v) is 1.32. The van der Waals surface area contributed by atoms with Crippen LogP contribution in [0, 0.1) is 0 Å². The van der Waals surface area contributed by atoms with Gasteiger partial charge in [0.1, 0.15) is 11.5 Å². The van der Waals surface area contributed by atoms with Gasteiger partial charge in [-0.2, -0.15) is 0 Å². The molecule has 0 fully saturated rings. The van der Waals surface area contributed by atoms with E-state index in [4.69, 9.17) is 27.9 Å². The summed E-state index contributed by atoms with van der Waals surface area (Å²) < 4.78 is 5.57. The Morgan fingerprint density at radius 2 is 1.93 bits per heavy atom. The third-order valence-corrected chi connectivity index (χ3v) is 2.48. The average Bonchev–Trinajstić information content (AvgIpc) is 2.23. The lowest BCUT2D eigenvalue weighted by Gasteiger charge is -2.06. The van der Waals surface area contributed by atoms with Gasteiger partial charge in [0.25, 0.3) is 0 Å². The highest BCUT2D eigenvalue weighted by Gasteiger charge is 2.01. The van der Waals surface area contributed by atoms with Gasteiger partial charge in [0.15, 0.2) is 0 Å². The topological polar surface area (TPSA) is 9.23 Å². The molecule has 0 atom stereocenters. The van der Waals surface area contributed by atoms with Crippen molar-refractivity contribution < 1.29 is 4.74 Å². The molecule has 0 radical (unpaired) electrons. The molecule has 0 unspecified atom stereocenters. The summed E-state index contributed by atoms with van der Waals surface area (Å²) in [7, 11) is 0. The van der Waals surface area contributed by atoms with E-state index in [0.717, 1.165) is 5.76 Å². The first kappa shape index (κ1) is 12.2. The van der Waals surface area contributed by atoms with Gasteiger partial charge in [-0.3, -0.25) is 0 Å². The smallest absolute Gasteiger partial charge is 0.129 e. The van der Waals surface area contributed by atoms with E-state index in [0.29, 0.717) is 15.8 Å². The van der Waals surface area contributed by atoms with E-state index in [1.807, 2.05) is 32.1 Å². The van der Waals surface area contributed by atoms with E-state index in [-0.39, 0.29) is 0 Å². The summed E-state index contributed by atoms with van der Waals surface area (Å²) >= 11 is 11.7. The first-order valence-corrected chi connectivity index (χ1v) is 5.35. The molecule has 0 bridgehead atoms. The average molecular weight is 243 g/mol. The lowest BCUT2D eigenvalue weighted by Crippen LogP contribution is -1.91. The normalized spacial score (nSPS) is 12.1. The zero-order valence-electron chi connectivity index (χ0n) is 8.63. The summed E-state index contributed by atoms with van der Waals surface area (Å²) in [5, 5.41) is 1.02. The minimum Gasteiger partial charge on any atom is -0.458 e. The van der Waals surface area contributed by atoms with Gasteiger partial charge in [0.2, 0.25) is 0 Å². The Balaban J connectivity index is 2.85. The maximum atomic E-state index is 5.87. The van der Waals surface area contributed by atoms with E-state index in [9.17, 15) is 0 Å². The van der Waals surface area contributed by atoms with Crippen molar-refractivity contribution in [2.75, 3.05) is 0 Å². The SMILES string of the molecule is CC=CC(=CC)Oc1ccc(Cl)c(Cl)c1. The highest BCUT2D eigenvalue weighted by atomic mass is 35.5. The number of rotatable bonds is 3. The van der Waals surface area contributed by atoms with Crippen LogP contribution in [-0.4, -0.2) is 0 Å². The van der Waals surface area contributed by atoms with Gasteiger partial charge in [-0.1, -0.05) is 29.3 Å². The molecule has 0 N–H and O–H groups in total. The Kier molecular flexibility index (Phi) is 4.73. The Hall–Kier alpha value is -0.920. The molecule has 3 heteroatoms. The second-order valence-electron chi connectivity index (χ2n) is 2.87. The lowest BCUT2D eigenvalue weighted by molar-refractivity contribution is 0.443. The molecule has 80 valence electrons. The molecule has 0 heterocycles. The number of hydrogen-bond donors (Lipinski definition) is 0. The molecule has 0 amide bonds. The van der Waals surface area contributed by atoms with Crippen LogP contribution in [0.3, 0.4) is 0 Å². The van der Waals surface area contributed by atoms with Crippen LogP contribution in [0.1, 0.15) is 13.8 Å². The Bertz CT molecular complexity index is 395. The van der Waals surface area contributed by atoms with E-state index in [1.165, 1.54) is 0 Å². The number of hydrogen-bond acceptors (Lipinski definition) is 1. The van der Waals surface area contributed by atoms with Gasteiger partial charge in [0.05, 0.1) is 10.0 Å². The summed E-state index contributed by atoms with van der Waals surface area (Å²) in [6, 6.07) is 5.18. The quantitative estimate of drug-likeness (QED) is 0.544. The molecule has 0 saturated heterocycles. The Morgan fingerprint density at radius 1 is 1.20 bits per heavy atom. The number of benzene rings is 1. The van der Waals surface area contributed by atoms with Crippen molar-refractivity contribution in [2.45, 2.75) is 13.8 Å². The highest BCUT2D eigenvalue weighted by Crippen LogP contribution is 2.27. The van der Waals surface area contributed by atoms with Crippen molar-refractivity contribution >= 4 is 23.2 Å². The summed E-state index contributed by atoms with van der Waals surface area (Å²) in [5.41, 5.74) is 0. The molecule has 1 nitrogen and oxygen atoms in total. The minimum absolute atomic E-state index is 0.491. The predicted octanol–water partition coefficient (Wildman–Crippen LogP) is 4.85. The Morgan fingerprint density at radius 3 is 2.47 bits per heavy atom. The first-order valence-electron chi connectivity index (χ1n) is 4.59. The monoisotopic (exact) mass is 242 g/mol. The van der Waals surface area contributed by atoms with E-state index in [2.05, 4.69) is 0 Å². The van der Waals surface area contributed by atoms with Gasteiger partial charge in [-0.25, -0.2) is 0 Å². The van der Waals surface area contributed by atoms with Crippen molar-refractivity contribution in [2.24, 2.45) is 0 Å². The van der Waals surface area contributed by atoms with Gasteiger partial charge in [-0.05, 0) is 38.1 Å². The predicted molar refractivity (Wildman–Crippen MR) is 65.7 cm³/mol. The lowest BCUT2D eigenvalue weighted by atomic mass is 10.3. The summed E-state index contributed by atoms with van der Waals surface area (Å²) in [6.45, 7) is 3.84. The maximum absolute atomic E-state index is 5.87. The van der Waals surface area contributed by atoms with Crippen LogP contribution in [0.5, 0.6) is 5.75 Å². The molecule has 1 rings (SSSR count). The van der Waals surface area contributed by atoms with Crippen LogP contribution in [0.25, 0.3) is 0 Å². The number of halogens is 2. The molecule has 15 heavy (non-hydrogen) atoms. The van der Waals surface area contributed by atoms with Crippen molar-refractivity contribution in [1.29, 1.82) is 0 Å². The third kappa shape index (κ3) is 3.61. The first-order chi connectivity index (χ1) is 7.17. The molecule has 0 aliphatic heterocycles. The molecular formula is C12H12Cl2O. The Labute approximate surface area is 100.0 Å². The van der Waals surface area contributed by atoms with Crippen molar-refractivity contribution in [3.8, 4) is 5.75 Å². The summed E-state index contributed by atoms with van der Waals surface area (Å²) in [6.07, 6.45) is 5.66. The summed E-state index contributed by atoms with van der Waals surface area (Å²) in [4.78, 5) is 0. The maximum Gasteiger partial charge on any atom is 0.129 e. The van der Waals surface area contributed by atoms with Crippen LogP contribution < -0.4 is 4.74 Å². The largest absolute Gasteiger partial charge is 0.458 e. The molecule has 0 aliphatic carbocycles. The summed E-state index contributed by atoms with van der Waals surface area (Å²) in [5.74, 6) is 1.45. The fraction of sp³-hybridized carbons (Fsp3) is 0.167. The van der Waals surface area contributed by atoms with Crippen LogP contribution in [0.2, 0.25) is 10.0 Å². The van der Waals surface area contributed by atoms with E-state index in [1.54, 1.807) is 18.2 Å². The second-order valence-corrected chi connectivity index (χ2v) is 3.68. The number of allylic oxidation sites excluding steroid dienone is 3. The zero-order chi connectivity index (χ0) is 11.3. The van der Waals surface area contributed by atoms with Crippen molar-refractivity contribution in [3.05, 3.63) is 52.2 Å². The third-order valence-electron chi connectivity index (χ3n) is 1.74. The number of ether oxygens (including phenoxy) is 1. The van der Waals surface area contributed by atoms with E-state index < -0.39 is 0 Å². The molecule has 1 aromatic rings. The molecule has 0 saturated carbocycles. The molecule has 0 aromatic heterocycles. The van der Waals surface area contributed by atoms with Crippen LogP contribution in [0.4, 0.5) is 0 Å². The van der Waals surface area contributed by atoms with Gasteiger partial charge in [-0.15, -0.1) is 0 Å². The molecule has 0 spiro atoms. The van der Waals surface area contributed by atoms with Crippen molar-refractivity contribution in [3.63, 3.8) is 0 Å². The minimum atomic E-state index is 0.491. The van der Waals surface area contributed by atoms with Crippen LogP contribution >= 0.6 is 23.2 Å². The highest BCUT2D eigenvalue weighted by molar-refractivity contribution is 6.42. The standard InChI is InChI=1S/C12H12Cl2O/c1-3-5-9(4-2)15-10-6-7-11(13)12(14)8-10/h3-8H,1-2H3. The van der Waals surface area contributed by atoms with Gasteiger partial charge < -0.3 is 4.74 Å². The van der Waals surface area contributed by atoms with Gasteiger partial charge >= 0.3 is 0 Å². The molecular weight excluding hydrogens is 231 g/mol. The second kappa shape index (κ2) is 5.84. The van der Waals surface area contributed by atoms with Crippen LogP contribution in [0.15, 0.2) is 42.2 Å². The van der Waals surface area contributed by atoms with Gasteiger partial charge in [0, 0.05) is 6.07 Å². The molecule has 1 aromatic carbocycles. The van der Waals surface area contributed by atoms with E-state index >= 15 is 0 Å². The zero-order valence-corrected chi connectivity index (χ0v) is 10.1.